The Kier molecular flexibility index (Phi) is 2.93. The van der Waals surface area contributed by atoms with Gasteiger partial charge in [0.25, 0.3) is 0 Å². The van der Waals surface area contributed by atoms with E-state index in [1.54, 1.807) is 5.38 Å². The zero-order valence-corrected chi connectivity index (χ0v) is 9.29. The average molecular weight is 219 g/mol. The molecule has 0 aliphatic carbocycles. The van der Waals surface area contributed by atoms with Gasteiger partial charge in [-0.25, -0.2) is 0 Å². The Bertz CT molecular complexity index is 316. The fourth-order valence-electron chi connectivity index (χ4n) is 0.602. The van der Waals surface area contributed by atoms with Crippen LogP contribution in [0.5, 0.6) is 0 Å². The predicted molar refractivity (Wildman–Crippen MR) is 55.2 cm³/mol. The molecule has 5 heteroatoms. The number of aromatic nitrogens is 1. The summed E-state index contributed by atoms with van der Waals surface area (Å²) in [5.41, 5.74) is -0.424. The van der Waals surface area contributed by atoms with E-state index in [1.165, 1.54) is 11.5 Å². The van der Waals surface area contributed by atoms with Crippen LogP contribution in [0.25, 0.3) is 0 Å². The summed E-state index contributed by atoms with van der Waals surface area (Å²) in [5.74, 6) is 0.367. The molecular formula is C8H11ClN2OS. The second kappa shape index (κ2) is 3.64. The van der Waals surface area contributed by atoms with E-state index in [2.05, 4.69) is 9.69 Å². The van der Waals surface area contributed by atoms with Crippen LogP contribution in [-0.2, 0) is 4.79 Å². The molecule has 0 aromatic carbocycles. The third-order valence-corrected chi connectivity index (χ3v) is 2.49. The number of hydrogen-bond donors (Lipinski definition) is 1. The highest BCUT2D eigenvalue weighted by atomic mass is 35.5. The van der Waals surface area contributed by atoms with Gasteiger partial charge in [-0.3, -0.25) is 4.79 Å². The van der Waals surface area contributed by atoms with Gasteiger partial charge in [0.05, 0.1) is 5.02 Å². The normalized spacial score (nSPS) is 11.4. The molecule has 0 fully saturated rings. The fraction of sp³-hybridized carbons (Fsp3) is 0.500. The zero-order chi connectivity index (χ0) is 10.1. The van der Waals surface area contributed by atoms with Gasteiger partial charge < -0.3 is 5.32 Å². The molecule has 72 valence electrons. The van der Waals surface area contributed by atoms with Gasteiger partial charge in [-0.15, -0.1) is 0 Å². The molecule has 1 amide bonds. The van der Waals surface area contributed by atoms with Gasteiger partial charge in [0.1, 0.15) is 0 Å². The van der Waals surface area contributed by atoms with Crippen molar-refractivity contribution in [2.45, 2.75) is 20.8 Å². The minimum Gasteiger partial charge on any atom is -0.308 e. The Morgan fingerprint density at radius 2 is 2.23 bits per heavy atom. The number of nitrogens with zero attached hydrogens (tertiary/aromatic N) is 1. The number of amides is 1. The van der Waals surface area contributed by atoms with Gasteiger partial charge in [-0.05, 0) is 11.5 Å². The second-order valence-electron chi connectivity index (χ2n) is 3.72. The first-order chi connectivity index (χ1) is 5.91. The minimum absolute atomic E-state index is 0.0831. The van der Waals surface area contributed by atoms with Crippen molar-refractivity contribution in [3.8, 4) is 0 Å². The van der Waals surface area contributed by atoms with E-state index >= 15 is 0 Å². The van der Waals surface area contributed by atoms with Crippen LogP contribution in [0, 0.1) is 5.41 Å². The molecule has 0 aliphatic heterocycles. The summed E-state index contributed by atoms with van der Waals surface area (Å²) >= 11 is 6.99. The third kappa shape index (κ3) is 2.67. The molecule has 0 saturated carbocycles. The van der Waals surface area contributed by atoms with E-state index in [-0.39, 0.29) is 5.91 Å². The highest BCUT2D eigenvalue weighted by Gasteiger charge is 2.22. The maximum atomic E-state index is 11.5. The Morgan fingerprint density at radius 1 is 1.62 bits per heavy atom. The number of rotatable bonds is 1. The quantitative estimate of drug-likeness (QED) is 0.788. The molecule has 0 saturated heterocycles. The lowest BCUT2D eigenvalue weighted by molar-refractivity contribution is -0.123. The molecule has 0 radical (unpaired) electrons. The first-order valence-electron chi connectivity index (χ1n) is 3.82. The molecule has 13 heavy (non-hydrogen) atoms. The lowest BCUT2D eigenvalue weighted by Crippen LogP contribution is -2.27. The van der Waals surface area contributed by atoms with Crippen LogP contribution in [0.2, 0.25) is 5.02 Å². The van der Waals surface area contributed by atoms with Crippen molar-refractivity contribution in [3.63, 3.8) is 0 Å². The Hall–Kier alpha value is -0.610. The van der Waals surface area contributed by atoms with Crippen molar-refractivity contribution in [2.24, 2.45) is 5.41 Å². The summed E-state index contributed by atoms with van der Waals surface area (Å²) in [6.07, 6.45) is 0. The minimum atomic E-state index is -0.424. The number of anilines is 1. The molecule has 3 nitrogen and oxygen atoms in total. The van der Waals surface area contributed by atoms with Gasteiger partial charge in [-0.1, -0.05) is 32.4 Å². The number of nitrogens with one attached hydrogen (secondary N) is 1. The third-order valence-electron chi connectivity index (χ3n) is 1.44. The van der Waals surface area contributed by atoms with Crippen LogP contribution in [0.15, 0.2) is 5.38 Å². The maximum absolute atomic E-state index is 11.5. The summed E-state index contributed by atoms with van der Waals surface area (Å²) in [7, 11) is 0. The number of hydrogen-bond acceptors (Lipinski definition) is 3. The van der Waals surface area contributed by atoms with Crippen molar-refractivity contribution in [2.75, 3.05) is 5.32 Å². The molecule has 1 aromatic heterocycles. The highest BCUT2D eigenvalue weighted by Crippen LogP contribution is 2.24. The van der Waals surface area contributed by atoms with Crippen molar-refractivity contribution >= 4 is 34.9 Å². The lowest BCUT2D eigenvalue weighted by Gasteiger charge is -2.16. The van der Waals surface area contributed by atoms with E-state index in [0.29, 0.717) is 10.8 Å². The van der Waals surface area contributed by atoms with E-state index in [4.69, 9.17) is 11.6 Å². The summed E-state index contributed by atoms with van der Waals surface area (Å²) < 4.78 is 3.95. The van der Waals surface area contributed by atoms with Gasteiger partial charge in [0.2, 0.25) is 5.91 Å². The largest absolute Gasteiger partial charge is 0.308 e. The molecule has 0 aliphatic rings. The van der Waals surface area contributed by atoms with E-state index in [1.807, 2.05) is 20.8 Å². The standard InChI is InChI=1S/C8H11ClN2OS/c1-8(2,3)7(12)10-6-5(9)4-13-11-6/h4H,1-3H3,(H,10,11,12). The first-order valence-corrected chi connectivity index (χ1v) is 5.04. The summed E-state index contributed by atoms with van der Waals surface area (Å²) in [5, 5.41) is 4.83. The van der Waals surface area contributed by atoms with Crippen LogP contribution in [0.4, 0.5) is 5.82 Å². The van der Waals surface area contributed by atoms with Crippen LogP contribution in [0.1, 0.15) is 20.8 Å². The van der Waals surface area contributed by atoms with Crippen molar-refractivity contribution in [1.82, 2.24) is 4.37 Å². The smallest absolute Gasteiger partial charge is 0.230 e. The van der Waals surface area contributed by atoms with Crippen molar-refractivity contribution in [3.05, 3.63) is 10.4 Å². The molecule has 1 aromatic rings. The summed E-state index contributed by atoms with van der Waals surface area (Å²) in [4.78, 5) is 11.5. The Labute approximate surface area is 86.3 Å². The fourth-order valence-corrected chi connectivity index (χ4v) is 1.37. The van der Waals surface area contributed by atoms with Crippen molar-refractivity contribution in [1.29, 1.82) is 0 Å². The highest BCUT2D eigenvalue weighted by molar-refractivity contribution is 7.04. The lowest BCUT2D eigenvalue weighted by atomic mass is 9.96. The number of carbonyl (C=O) groups is 1. The average Bonchev–Trinajstić information content (AvgIpc) is 2.34. The topological polar surface area (TPSA) is 42.0 Å². The molecule has 1 N–H and O–H groups in total. The first kappa shape index (κ1) is 10.5. The van der Waals surface area contributed by atoms with E-state index < -0.39 is 5.41 Å². The second-order valence-corrected chi connectivity index (χ2v) is 4.75. The Balaban J connectivity index is 2.71. The van der Waals surface area contributed by atoms with Crippen LogP contribution < -0.4 is 5.32 Å². The number of halogens is 1. The molecule has 0 bridgehead atoms. The van der Waals surface area contributed by atoms with Gasteiger partial charge >= 0.3 is 0 Å². The molecular weight excluding hydrogens is 208 g/mol. The SMILES string of the molecule is CC(C)(C)C(=O)Nc1nscc1Cl. The molecule has 1 rings (SSSR count). The van der Waals surface area contributed by atoms with Gasteiger partial charge in [-0.2, -0.15) is 4.37 Å². The van der Waals surface area contributed by atoms with Crippen LogP contribution >= 0.6 is 23.1 Å². The van der Waals surface area contributed by atoms with Crippen LogP contribution in [0.3, 0.4) is 0 Å². The molecule has 0 spiro atoms. The van der Waals surface area contributed by atoms with E-state index in [0.717, 1.165) is 0 Å². The summed E-state index contributed by atoms with van der Waals surface area (Å²) in [6, 6.07) is 0. The van der Waals surface area contributed by atoms with Gasteiger partial charge in [0, 0.05) is 10.8 Å². The molecule has 0 unspecified atom stereocenters. The monoisotopic (exact) mass is 218 g/mol. The van der Waals surface area contributed by atoms with Gasteiger partial charge in [0.15, 0.2) is 5.82 Å². The maximum Gasteiger partial charge on any atom is 0.230 e. The zero-order valence-electron chi connectivity index (χ0n) is 7.72. The summed E-state index contributed by atoms with van der Waals surface area (Å²) in [6.45, 7) is 5.51. The van der Waals surface area contributed by atoms with E-state index in [9.17, 15) is 4.79 Å². The number of carbonyl (C=O) groups excluding carboxylic acids is 1. The predicted octanol–water partition coefficient (Wildman–Crippen LogP) is 2.78. The Morgan fingerprint density at radius 3 is 2.62 bits per heavy atom. The molecule has 1 heterocycles. The van der Waals surface area contributed by atoms with Crippen LogP contribution in [-0.4, -0.2) is 10.3 Å². The van der Waals surface area contributed by atoms with Crippen molar-refractivity contribution < 1.29 is 4.79 Å². The molecule has 0 atom stereocenters.